The fourth-order valence-corrected chi connectivity index (χ4v) is 2.52. The third kappa shape index (κ3) is 2.82. The molecule has 4 heteroatoms. The van der Waals surface area contributed by atoms with E-state index in [9.17, 15) is 0 Å². The van der Waals surface area contributed by atoms with E-state index >= 15 is 0 Å². The Kier molecular flexibility index (Phi) is 3.93. The van der Waals surface area contributed by atoms with Crippen molar-refractivity contribution in [1.29, 1.82) is 0 Å². The molecular formula is C12H22N4. The summed E-state index contributed by atoms with van der Waals surface area (Å²) in [6.07, 6.45) is 10.4. The van der Waals surface area contributed by atoms with Gasteiger partial charge in [-0.3, -0.25) is 0 Å². The van der Waals surface area contributed by atoms with Crippen molar-refractivity contribution < 1.29 is 0 Å². The highest BCUT2D eigenvalue weighted by molar-refractivity contribution is 4.91. The van der Waals surface area contributed by atoms with E-state index in [0.717, 1.165) is 25.1 Å². The minimum Gasteiger partial charge on any atom is -0.328 e. The lowest BCUT2D eigenvalue weighted by atomic mass is 10.1. The fraction of sp³-hybridized carbons (Fsp3) is 0.833. The van der Waals surface area contributed by atoms with Crippen molar-refractivity contribution in [1.82, 2.24) is 14.8 Å². The first-order valence-electron chi connectivity index (χ1n) is 6.41. The predicted molar refractivity (Wildman–Crippen MR) is 64.1 cm³/mol. The van der Waals surface area contributed by atoms with Gasteiger partial charge in [0.15, 0.2) is 0 Å². The zero-order valence-corrected chi connectivity index (χ0v) is 10.1. The molecule has 0 saturated heterocycles. The Hall–Kier alpha value is -0.900. The van der Waals surface area contributed by atoms with Gasteiger partial charge in [0.1, 0.15) is 12.2 Å². The normalized spacial score (nSPS) is 19.1. The minimum atomic E-state index is 0.294. The molecule has 1 fully saturated rings. The average molecular weight is 222 g/mol. The topological polar surface area (TPSA) is 56.7 Å². The number of aromatic nitrogens is 3. The molecule has 2 N–H and O–H groups in total. The largest absolute Gasteiger partial charge is 0.328 e. The van der Waals surface area contributed by atoms with Crippen LogP contribution in [0.5, 0.6) is 0 Å². The molecule has 16 heavy (non-hydrogen) atoms. The van der Waals surface area contributed by atoms with E-state index < -0.39 is 0 Å². The summed E-state index contributed by atoms with van der Waals surface area (Å²) in [5.74, 6) is 1.15. The Labute approximate surface area is 97.2 Å². The van der Waals surface area contributed by atoms with Crippen LogP contribution in [0.25, 0.3) is 0 Å². The summed E-state index contributed by atoms with van der Waals surface area (Å²) in [6, 6.07) is 0.947. The Balaban J connectivity index is 1.91. The van der Waals surface area contributed by atoms with Gasteiger partial charge in [0.25, 0.3) is 0 Å². The molecule has 4 nitrogen and oxygen atoms in total. The van der Waals surface area contributed by atoms with Crippen molar-refractivity contribution >= 4 is 0 Å². The molecule has 2 rings (SSSR count). The summed E-state index contributed by atoms with van der Waals surface area (Å²) in [4.78, 5) is 0. The first-order valence-corrected chi connectivity index (χ1v) is 6.41. The molecule has 1 heterocycles. The van der Waals surface area contributed by atoms with Crippen LogP contribution in [0.15, 0.2) is 6.33 Å². The van der Waals surface area contributed by atoms with Crippen molar-refractivity contribution in [2.75, 3.05) is 0 Å². The Morgan fingerprint density at radius 2 is 2.25 bits per heavy atom. The van der Waals surface area contributed by atoms with Crippen LogP contribution in [-0.4, -0.2) is 20.8 Å². The van der Waals surface area contributed by atoms with Gasteiger partial charge in [-0.2, -0.15) is 0 Å². The van der Waals surface area contributed by atoms with Crippen molar-refractivity contribution in [2.45, 2.75) is 64.0 Å². The summed E-state index contributed by atoms with van der Waals surface area (Å²) in [5.41, 5.74) is 5.75. The third-order valence-corrected chi connectivity index (χ3v) is 3.43. The summed E-state index contributed by atoms with van der Waals surface area (Å²) in [5, 5.41) is 8.28. The highest BCUT2D eigenvalue weighted by Gasteiger charge is 2.19. The lowest BCUT2D eigenvalue weighted by Crippen LogP contribution is -2.15. The van der Waals surface area contributed by atoms with Crippen molar-refractivity contribution in [3.05, 3.63) is 12.2 Å². The van der Waals surface area contributed by atoms with Crippen LogP contribution in [0.4, 0.5) is 0 Å². The van der Waals surface area contributed by atoms with Crippen LogP contribution in [0.2, 0.25) is 0 Å². The van der Waals surface area contributed by atoms with E-state index in [2.05, 4.69) is 21.7 Å². The molecule has 1 aromatic heterocycles. The molecule has 0 radical (unpaired) electrons. The Morgan fingerprint density at radius 1 is 1.50 bits per heavy atom. The zero-order valence-electron chi connectivity index (χ0n) is 10.1. The van der Waals surface area contributed by atoms with Crippen LogP contribution >= 0.6 is 0 Å². The van der Waals surface area contributed by atoms with Gasteiger partial charge >= 0.3 is 0 Å². The van der Waals surface area contributed by atoms with E-state index in [1.807, 2.05) is 6.33 Å². The maximum Gasteiger partial charge on any atom is 0.133 e. The van der Waals surface area contributed by atoms with Crippen molar-refractivity contribution in [3.8, 4) is 0 Å². The number of hydrogen-bond donors (Lipinski definition) is 1. The summed E-state index contributed by atoms with van der Waals surface area (Å²) in [6.45, 7) is 2.06. The van der Waals surface area contributed by atoms with Gasteiger partial charge in [0, 0.05) is 18.5 Å². The summed E-state index contributed by atoms with van der Waals surface area (Å²) in [7, 11) is 0. The van der Waals surface area contributed by atoms with E-state index in [1.54, 1.807) is 0 Å². The molecule has 1 aromatic rings. The molecule has 1 unspecified atom stereocenters. The van der Waals surface area contributed by atoms with Crippen LogP contribution in [-0.2, 0) is 6.42 Å². The molecule has 1 aliphatic carbocycles. The van der Waals surface area contributed by atoms with Crippen molar-refractivity contribution in [3.63, 3.8) is 0 Å². The van der Waals surface area contributed by atoms with Gasteiger partial charge in [-0.15, -0.1) is 10.2 Å². The molecule has 90 valence electrons. The molecule has 1 saturated carbocycles. The van der Waals surface area contributed by atoms with Crippen LogP contribution in [0, 0.1) is 0 Å². The SMILES string of the molecule is CC(N)CCCc1nncn1C1CCCC1. The van der Waals surface area contributed by atoms with Gasteiger partial charge in [-0.25, -0.2) is 0 Å². The van der Waals surface area contributed by atoms with E-state index in [-0.39, 0.29) is 0 Å². The first-order chi connectivity index (χ1) is 7.77. The maximum absolute atomic E-state index is 5.75. The number of aryl methyl sites for hydroxylation is 1. The van der Waals surface area contributed by atoms with E-state index in [0.29, 0.717) is 12.1 Å². The molecule has 0 aromatic carbocycles. The lowest BCUT2D eigenvalue weighted by Gasteiger charge is -2.13. The molecule has 1 atom stereocenters. The van der Waals surface area contributed by atoms with Gasteiger partial charge in [0.2, 0.25) is 0 Å². The number of hydrogen-bond acceptors (Lipinski definition) is 3. The average Bonchev–Trinajstić information content (AvgIpc) is 2.84. The molecular weight excluding hydrogens is 200 g/mol. The number of nitrogens with zero attached hydrogens (tertiary/aromatic N) is 3. The fourth-order valence-electron chi connectivity index (χ4n) is 2.52. The Morgan fingerprint density at radius 3 is 2.94 bits per heavy atom. The molecule has 0 bridgehead atoms. The molecule has 1 aliphatic rings. The second-order valence-electron chi connectivity index (χ2n) is 4.96. The monoisotopic (exact) mass is 222 g/mol. The molecule has 0 amide bonds. The highest BCUT2D eigenvalue weighted by atomic mass is 15.3. The minimum absolute atomic E-state index is 0.294. The van der Waals surface area contributed by atoms with Crippen LogP contribution in [0.3, 0.4) is 0 Å². The van der Waals surface area contributed by atoms with Gasteiger partial charge in [-0.05, 0) is 32.6 Å². The summed E-state index contributed by atoms with van der Waals surface area (Å²) >= 11 is 0. The highest BCUT2D eigenvalue weighted by Crippen LogP contribution is 2.30. The van der Waals surface area contributed by atoms with Gasteiger partial charge in [-0.1, -0.05) is 12.8 Å². The quantitative estimate of drug-likeness (QED) is 0.829. The smallest absolute Gasteiger partial charge is 0.133 e. The van der Waals surface area contributed by atoms with Crippen LogP contribution < -0.4 is 5.73 Å². The van der Waals surface area contributed by atoms with Crippen molar-refractivity contribution in [2.24, 2.45) is 5.73 Å². The second kappa shape index (κ2) is 5.43. The second-order valence-corrected chi connectivity index (χ2v) is 4.96. The summed E-state index contributed by atoms with van der Waals surface area (Å²) < 4.78 is 2.29. The standard InChI is InChI=1S/C12H22N4/c1-10(13)5-4-8-12-15-14-9-16(12)11-6-2-3-7-11/h9-11H,2-8,13H2,1H3. The third-order valence-electron chi connectivity index (χ3n) is 3.43. The number of nitrogens with two attached hydrogens (primary N) is 1. The van der Waals surface area contributed by atoms with Gasteiger partial charge in [0.05, 0.1) is 0 Å². The maximum atomic E-state index is 5.75. The first kappa shape index (κ1) is 11.6. The predicted octanol–water partition coefficient (Wildman–Crippen LogP) is 2.06. The lowest BCUT2D eigenvalue weighted by molar-refractivity contribution is 0.488. The molecule has 0 aliphatic heterocycles. The van der Waals surface area contributed by atoms with Gasteiger partial charge < -0.3 is 10.3 Å². The Bertz CT molecular complexity index is 313. The van der Waals surface area contributed by atoms with Crippen LogP contribution in [0.1, 0.15) is 57.3 Å². The number of rotatable bonds is 5. The van der Waals surface area contributed by atoms with E-state index in [1.165, 1.54) is 25.7 Å². The zero-order chi connectivity index (χ0) is 11.4. The van der Waals surface area contributed by atoms with E-state index in [4.69, 9.17) is 5.73 Å². The molecule has 0 spiro atoms.